The van der Waals surface area contributed by atoms with Gasteiger partial charge in [0, 0.05) is 11.0 Å². The Morgan fingerprint density at radius 3 is 2.93 bits per heavy atom. The SMILES string of the molecule is COc1cccc(OCCN=[N+]=[N-])c1. The third-order valence-corrected chi connectivity index (χ3v) is 1.56. The van der Waals surface area contributed by atoms with Crippen molar-refractivity contribution < 1.29 is 9.47 Å². The van der Waals surface area contributed by atoms with Crippen LogP contribution in [0.3, 0.4) is 0 Å². The van der Waals surface area contributed by atoms with Gasteiger partial charge in [-0.15, -0.1) is 0 Å². The first-order valence-corrected chi connectivity index (χ1v) is 4.14. The second-order valence-electron chi connectivity index (χ2n) is 2.48. The van der Waals surface area contributed by atoms with Gasteiger partial charge in [0.2, 0.25) is 0 Å². The lowest BCUT2D eigenvalue weighted by atomic mass is 10.3. The molecule has 0 aliphatic heterocycles. The molecule has 0 amide bonds. The first-order valence-electron chi connectivity index (χ1n) is 4.14. The molecule has 0 aliphatic rings. The molecule has 0 heterocycles. The van der Waals surface area contributed by atoms with Gasteiger partial charge in [-0.2, -0.15) is 0 Å². The number of hydrogen-bond donors (Lipinski definition) is 0. The Hall–Kier alpha value is -1.87. The van der Waals surface area contributed by atoms with Crippen LogP contribution in [0.1, 0.15) is 0 Å². The summed E-state index contributed by atoms with van der Waals surface area (Å²) in [6.45, 7) is 0.699. The Morgan fingerprint density at radius 2 is 2.21 bits per heavy atom. The molecule has 0 saturated heterocycles. The highest BCUT2D eigenvalue weighted by atomic mass is 16.5. The second kappa shape index (κ2) is 5.72. The van der Waals surface area contributed by atoms with Crippen molar-refractivity contribution >= 4 is 0 Å². The van der Waals surface area contributed by atoms with Crippen LogP contribution in [-0.4, -0.2) is 20.3 Å². The lowest BCUT2D eigenvalue weighted by Gasteiger charge is -2.05. The maximum atomic E-state index is 8.03. The van der Waals surface area contributed by atoms with Crippen molar-refractivity contribution in [2.24, 2.45) is 5.11 Å². The molecule has 0 atom stereocenters. The number of benzene rings is 1. The highest BCUT2D eigenvalue weighted by molar-refractivity contribution is 5.32. The second-order valence-corrected chi connectivity index (χ2v) is 2.48. The fourth-order valence-corrected chi connectivity index (χ4v) is 0.940. The van der Waals surface area contributed by atoms with E-state index in [1.54, 1.807) is 13.2 Å². The van der Waals surface area contributed by atoms with Gasteiger partial charge in [0.05, 0.1) is 20.3 Å². The molecule has 0 aromatic heterocycles. The summed E-state index contributed by atoms with van der Waals surface area (Å²) in [5.41, 5.74) is 8.03. The summed E-state index contributed by atoms with van der Waals surface area (Å²) in [4.78, 5) is 2.62. The first-order chi connectivity index (χ1) is 6.86. The highest BCUT2D eigenvalue weighted by Gasteiger charge is 1.95. The van der Waals surface area contributed by atoms with Crippen LogP contribution in [0.15, 0.2) is 29.4 Å². The van der Waals surface area contributed by atoms with Crippen LogP contribution in [0.4, 0.5) is 0 Å². The first kappa shape index (κ1) is 10.2. The summed E-state index contributed by atoms with van der Waals surface area (Å²) in [5.74, 6) is 1.45. The van der Waals surface area contributed by atoms with Gasteiger partial charge in [0.15, 0.2) is 0 Å². The third-order valence-electron chi connectivity index (χ3n) is 1.56. The summed E-state index contributed by atoms with van der Waals surface area (Å²) in [6.07, 6.45) is 0. The van der Waals surface area contributed by atoms with Crippen molar-refractivity contribution in [1.29, 1.82) is 0 Å². The molecule has 5 nitrogen and oxygen atoms in total. The largest absolute Gasteiger partial charge is 0.497 e. The Balaban J connectivity index is 2.45. The third kappa shape index (κ3) is 3.25. The predicted octanol–water partition coefficient (Wildman–Crippen LogP) is 2.38. The number of hydrogen-bond acceptors (Lipinski definition) is 3. The molecule has 0 fully saturated rings. The standard InChI is InChI=1S/C9H11N3O2/c1-13-8-3-2-4-9(7-8)14-6-5-11-12-10/h2-4,7H,5-6H2,1H3. The zero-order valence-corrected chi connectivity index (χ0v) is 7.88. The van der Waals surface area contributed by atoms with Gasteiger partial charge in [-0.05, 0) is 17.7 Å². The predicted molar refractivity (Wildman–Crippen MR) is 52.5 cm³/mol. The summed E-state index contributed by atoms with van der Waals surface area (Å²) >= 11 is 0. The molecule has 1 aromatic carbocycles. The van der Waals surface area contributed by atoms with Crippen molar-refractivity contribution in [2.45, 2.75) is 0 Å². The van der Waals surface area contributed by atoms with Gasteiger partial charge in [0.1, 0.15) is 11.5 Å². The molecule has 0 aliphatic carbocycles. The van der Waals surface area contributed by atoms with Crippen LogP contribution in [0, 0.1) is 0 Å². The van der Waals surface area contributed by atoms with Crippen LogP contribution in [0.2, 0.25) is 0 Å². The van der Waals surface area contributed by atoms with Gasteiger partial charge in [-0.1, -0.05) is 11.2 Å². The smallest absolute Gasteiger partial charge is 0.122 e. The Kier molecular flexibility index (Phi) is 4.17. The number of methoxy groups -OCH3 is 1. The van der Waals surface area contributed by atoms with E-state index >= 15 is 0 Å². The summed E-state index contributed by atoms with van der Waals surface area (Å²) in [7, 11) is 1.60. The fourth-order valence-electron chi connectivity index (χ4n) is 0.940. The van der Waals surface area contributed by atoms with Gasteiger partial charge in [0.25, 0.3) is 0 Å². The van der Waals surface area contributed by atoms with Crippen LogP contribution >= 0.6 is 0 Å². The Morgan fingerprint density at radius 1 is 1.43 bits per heavy atom. The normalized spacial score (nSPS) is 8.93. The van der Waals surface area contributed by atoms with Crippen molar-refractivity contribution in [3.63, 3.8) is 0 Å². The van der Waals surface area contributed by atoms with Crippen LogP contribution < -0.4 is 9.47 Å². The molecule has 1 rings (SSSR count). The van der Waals surface area contributed by atoms with Crippen molar-refractivity contribution in [3.05, 3.63) is 34.7 Å². The average Bonchev–Trinajstić information content (AvgIpc) is 2.25. The van der Waals surface area contributed by atoms with Gasteiger partial charge in [-0.3, -0.25) is 0 Å². The van der Waals surface area contributed by atoms with E-state index in [2.05, 4.69) is 10.0 Å². The van der Waals surface area contributed by atoms with E-state index in [1.807, 2.05) is 18.2 Å². The number of nitrogens with zero attached hydrogens (tertiary/aromatic N) is 3. The zero-order chi connectivity index (χ0) is 10.2. The van der Waals surface area contributed by atoms with Crippen molar-refractivity contribution in [1.82, 2.24) is 0 Å². The Labute approximate surface area is 81.9 Å². The molecule has 74 valence electrons. The molecule has 0 bridgehead atoms. The maximum Gasteiger partial charge on any atom is 0.122 e. The Bertz CT molecular complexity index is 335. The maximum absolute atomic E-state index is 8.03. The van der Waals surface area contributed by atoms with Gasteiger partial charge >= 0.3 is 0 Å². The molecular formula is C9H11N3O2. The van der Waals surface area contributed by atoms with E-state index < -0.39 is 0 Å². The molecule has 0 spiro atoms. The molecule has 14 heavy (non-hydrogen) atoms. The van der Waals surface area contributed by atoms with Crippen LogP contribution in [-0.2, 0) is 0 Å². The summed E-state index contributed by atoms with van der Waals surface area (Å²) in [6, 6.07) is 7.26. The highest BCUT2D eigenvalue weighted by Crippen LogP contribution is 2.18. The zero-order valence-electron chi connectivity index (χ0n) is 7.88. The van der Waals surface area contributed by atoms with E-state index in [-0.39, 0.29) is 0 Å². The van der Waals surface area contributed by atoms with Crippen LogP contribution in [0.25, 0.3) is 10.4 Å². The van der Waals surface area contributed by atoms with Gasteiger partial charge in [-0.25, -0.2) is 0 Å². The average molecular weight is 193 g/mol. The molecule has 0 N–H and O–H groups in total. The number of azide groups is 1. The van der Waals surface area contributed by atoms with E-state index in [0.717, 1.165) is 5.75 Å². The lowest BCUT2D eigenvalue weighted by Crippen LogP contribution is -2.00. The number of ether oxygens (including phenoxy) is 2. The van der Waals surface area contributed by atoms with Crippen molar-refractivity contribution in [2.75, 3.05) is 20.3 Å². The molecule has 0 saturated carbocycles. The molecule has 1 aromatic rings. The van der Waals surface area contributed by atoms with E-state index in [0.29, 0.717) is 18.9 Å². The van der Waals surface area contributed by atoms with E-state index in [9.17, 15) is 0 Å². The van der Waals surface area contributed by atoms with Crippen LogP contribution in [0.5, 0.6) is 11.5 Å². The summed E-state index contributed by atoms with van der Waals surface area (Å²) in [5, 5.41) is 3.35. The molecule has 5 heteroatoms. The lowest BCUT2D eigenvalue weighted by molar-refractivity contribution is 0.325. The van der Waals surface area contributed by atoms with E-state index in [4.69, 9.17) is 15.0 Å². The van der Waals surface area contributed by atoms with Crippen molar-refractivity contribution in [3.8, 4) is 11.5 Å². The molecular weight excluding hydrogens is 182 g/mol. The van der Waals surface area contributed by atoms with E-state index in [1.165, 1.54) is 0 Å². The minimum atomic E-state index is 0.327. The quantitative estimate of drug-likeness (QED) is 0.312. The number of rotatable bonds is 5. The topological polar surface area (TPSA) is 67.2 Å². The molecule has 0 unspecified atom stereocenters. The molecule has 0 radical (unpaired) electrons. The summed E-state index contributed by atoms with van der Waals surface area (Å²) < 4.78 is 10.3. The van der Waals surface area contributed by atoms with Gasteiger partial charge < -0.3 is 9.47 Å². The minimum Gasteiger partial charge on any atom is -0.497 e. The fraction of sp³-hybridized carbons (Fsp3) is 0.333. The minimum absolute atomic E-state index is 0.327. The monoisotopic (exact) mass is 193 g/mol.